The topological polar surface area (TPSA) is 40.5 Å². The number of Topliss-reactive ketones (excluding diaryl/α,β-unsaturated/α-hetero) is 1. The summed E-state index contributed by atoms with van der Waals surface area (Å²) in [6, 6.07) is 26.8. The Hall–Kier alpha value is -2.62. The second kappa shape index (κ2) is 9.76. The summed E-state index contributed by atoms with van der Waals surface area (Å²) in [4.78, 5) is 14.8. The van der Waals surface area contributed by atoms with Gasteiger partial charge in [-0.1, -0.05) is 60.7 Å². The van der Waals surface area contributed by atoms with Gasteiger partial charge in [-0.2, -0.15) is 0 Å². The molecule has 1 N–H and O–H groups in total. The number of carbonyl (C=O) groups excluding carboxylic acids is 1. The highest BCUT2D eigenvalue weighted by molar-refractivity contribution is 5.97. The van der Waals surface area contributed by atoms with E-state index < -0.39 is 0 Å². The number of phenolic OH excluding ortho intramolecular Hbond substituents is 1. The van der Waals surface area contributed by atoms with Gasteiger partial charge in [-0.15, -0.1) is 12.4 Å². The summed E-state index contributed by atoms with van der Waals surface area (Å²) in [6.07, 6.45) is 0. The molecule has 0 aliphatic heterocycles. The highest BCUT2D eigenvalue weighted by Crippen LogP contribution is 2.14. The Kier molecular flexibility index (Phi) is 7.39. The maximum atomic E-state index is 12.6. The van der Waals surface area contributed by atoms with E-state index in [0.717, 1.165) is 0 Å². The molecule has 0 saturated carbocycles. The van der Waals surface area contributed by atoms with Crippen LogP contribution in [0.3, 0.4) is 0 Å². The Morgan fingerprint density at radius 3 is 1.65 bits per heavy atom. The number of aromatic hydroxyl groups is 1. The number of carbonyl (C=O) groups is 1. The highest BCUT2D eigenvalue weighted by Gasteiger charge is 2.14. The third kappa shape index (κ3) is 5.73. The van der Waals surface area contributed by atoms with Crippen LogP contribution in [0.5, 0.6) is 5.75 Å². The van der Waals surface area contributed by atoms with Gasteiger partial charge in [-0.25, -0.2) is 0 Å². The second-order valence-electron chi connectivity index (χ2n) is 6.09. The number of nitrogens with zero attached hydrogens (tertiary/aromatic N) is 1. The fraction of sp³-hybridized carbons (Fsp3) is 0.136. The second-order valence-corrected chi connectivity index (χ2v) is 6.09. The number of hydrogen-bond donors (Lipinski definition) is 1. The van der Waals surface area contributed by atoms with Crippen molar-refractivity contribution in [1.82, 2.24) is 4.90 Å². The first kappa shape index (κ1) is 19.7. The van der Waals surface area contributed by atoms with Gasteiger partial charge in [-0.3, -0.25) is 9.69 Å². The van der Waals surface area contributed by atoms with Crippen molar-refractivity contribution in [2.75, 3.05) is 6.54 Å². The molecule has 0 bridgehead atoms. The molecule has 0 fully saturated rings. The molecule has 0 amide bonds. The number of rotatable bonds is 7. The molecule has 3 aromatic rings. The van der Waals surface area contributed by atoms with E-state index >= 15 is 0 Å². The van der Waals surface area contributed by atoms with Crippen molar-refractivity contribution in [1.29, 1.82) is 0 Å². The summed E-state index contributed by atoms with van der Waals surface area (Å²) in [5.74, 6) is 0.217. The molecule has 26 heavy (non-hydrogen) atoms. The smallest absolute Gasteiger partial charge is 0.176 e. The quantitative estimate of drug-likeness (QED) is 0.615. The van der Waals surface area contributed by atoms with Gasteiger partial charge in [-0.05, 0) is 35.4 Å². The van der Waals surface area contributed by atoms with E-state index in [1.165, 1.54) is 11.1 Å². The van der Waals surface area contributed by atoms with Crippen LogP contribution in [0.2, 0.25) is 0 Å². The highest BCUT2D eigenvalue weighted by atomic mass is 35.5. The average Bonchev–Trinajstić information content (AvgIpc) is 2.64. The van der Waals surface area contributed by atoms with Crippen LogP contribution in [0.25, 0.3) is 0 Å². The van der Waals surface area contributed by atoms with Crippen molar-refractivity contribution >= 4 is 18.2 Å². The normalized spacial score (nSPS) is 10.3. The fourth-order valence-corrected chi connectivity index (χ4v) is 2.79. The molecule has 0 unspecified atom stereocenters. The van der Waals surface area contributed by atoms with Gasteiger partial charge in [0.05, 0.1) is 6.54 Å². The zero-order chi connectivity index (χ0) is 17.5. The van der Waals surface area contributed by atoms with Gasteiger partial charge in [0.2, 0.25) is 0 Å². The average molecular weight is 368 g/mol. The van der Waals surface area contributed by atoms with E-state index in [0.29, 0.717) is 25.2 Å². The molecule has 0 saturated heterocycles. The molecular weight excluding hydrogens is 346 g/mol. The summed E-state index contributed by atoms with van der Waals surface area (Å²) in [7, 11) is 0. The van der Waals surface area contributed by atoms with E-state index in [9.17, 15) is 9.90 Å². The number of halogens is 1. The minimum atomic E-state index is 0. The summed E-state index contributed by atoms with van der Waals surface area (Å²) < 4.78 is 0. The van der Waals surface area contributed by atoms with Gasteiger partial charge in [0.25, 0.3) is 0 Å². The lowest BCUT2D eigenvalue weighted by molar-refractivity contribution is 0.0920. The van der Waals surface area contributed by atoms with Crippen LogP contribution < -0.4 is 0 Å². The van der Waals surface area contributed by atoms with Gasteiger partial charge in [0.1, 0.15) is 5.75 Å². The lowest BCUT2D eigenvalue weighted by atomic mass is 10.1. The van der Waals surface area contributed by atoms with Crippen LogP contribution in [-0.4, -0.2) is 22.3 Å². The Morgan fingerprint density at radius 1 is 0.731 bits per heavy atom. The third-order valence-corrected chi connectivity index (χ3v) is 4.05. The van der Waals surface area contributed by atoms with Crippen LogP contribution >= 0.6 is 12.4 Å². The predicted molar refractivity (Wildman–Crippen MR) is 107 cm³/mol. The van der Waals surface area contributed by atoms with E-state index in [2.05, 4.69) is 29.2 Å². The number of hydrogen-bond acceptors (Lipinski definition) is 3. The maximum Gasteiger partial charge on any atom is 0.176 e. The minimum absolute atomic E-state index is 0. The molecule has 134 valence electrons. The molecule has 3 aromatic carbocycles. The van der Waals surface area contributed by atoms with Crippen molar-refractivity contribution in [3.05, 3.63) is 102 Å². The molecule has 0 aliphatic carbocycles. The van der Waals surface area contributed by atoms with E-state index in [1.54, 1.807) is 24.3 Å². The van der Waals surface area contributed by atoms with Crippen molar-refractivity contribution < 1.29 is 9.90 Å². The molecule has 3 nitrogen and oxygen atoms in total. The Labute approximate surface area is 160 Å². The van der Waals surface area contributed by atoms with Crippen LogP contribution in [0.4, 0.5) is 0 Å². The van der Waals surface area contributed by atoms with Gasteiger partial charge >= 0.3 is 0 Å². The molecule has 4 heteroatoms. The van der Waals surface area contributed by atoms with Crippen LogP contribution in [-0.2, 0) is 13.1 Å². The van der Waals surface area contributed by atoms with Crippen molar-refractivity contribution in [3.8, 4) is 5.75 Å². The Balaban J connectivity index is 0.00000243. The summed E-state index contributed by atoms with van der Waals surface area (Å²) in [5, 5.41) is 9.39. The molecule has 0 spiro atoms. The van der Waals surface area contributed by atoms with Crippen LogP contribution in [0.1, 0.15) is 21.5 Å². The first-order valence-corrected chi connectivity index (χ1v) is 8.33. The summed E-state index contributed by atoms with van der Waals surface area (Å²) in [5.41, 5.74) is 2.97. The van der Waals surface area contributed by atoms with Crippen molar-refractivity contribution in [2.45, 2.75) is 13.1 Å². The Morgan fingerprint density at radius 2 is 1.19 bits per heavy atom. The zero-order valence-corrected chi connectivity index (χ0v) is 15.2. The fourth-order valence-electron chi connectivity index (χ4n) is 2.79. The van der Waals surface area contributed by atoms with Gasteiger partial charge < -0.3 is 5.11 Å². The first-order valence-electron chi connectivity index (χ1n) is 8.33. The molecular formula is C22H22ClNO2. The molecule has 3 rings (SSSR count). The third-order valence-electron chi connectivity index (χ3n) is 4.05. The monoisotopic (exact) mass is 367 g/mol. The van der Waals surface area contributed by atoms with Gasteiger partial charge in [0, 0.05) is 18.7 Å². The number of benzene rings is 3. The predicted octanol–water partition coefficient (Wildman–Crippen LogP) is 4.70. The van der Waals surface area contributed by atoms with Gasteiger partial charge in [0.15, 0.2) is 5.78 Å². The first-order chi connectivity index (χ1) is 12.2. The van der Waals surface area contributed by atoms with E-state index in [4.69, 9.17) is 0 Å². The number of ketones is 1. The lowest BCUT2D eigenvalue weighted by Crippen LogP contribution is -2.29. The van der Waals surface area contributed by atoms with Crippen LogP contribution in [0.15, 0.2) is 84.9 Å². The standard InChI is InChI=1S/C22H21NO2.ClH/c24-21-13-11-20(12-14-21)22(25)17-23(15-18-7-3-1-4-8-18)16-19-9-5-2-6-10-19;/h1-14,24H,15-17H2;1H. The summed E-state index contributed by atoms with van der Waals surface area (Å²) >= 11 is 0. The number of phenols is 1. The maximum absolute atomic E-state index is 12.6. The molecule has 0 radical (unpaired) electrons. The van der Waals surface area contributed by atoms with E-state index in [1.807, 2.05) is 36.4 Å². The molecule has 0 aliphatic rings. The zero-order valence-electron chi connectivity index (χ0n) is 14.4. The van der Waals surface area contributed by atoms with Crippen molar-refractivity contribution in [2.24, 2.45) is 0 Å². The van der Waals surface area contributed by atoms with Crippen LogP contribution in [0, 0.1) is 0 Å². The Bertz CT molecular complexity index is 763. The molecule has 0 aromatic heterocycles. The summed E-state index contributed by atoms with van der Waals surface area (Å²) in [6.45, 7) is 1.74. The SMILES string of the molecule is Cl.O=C(CN(Cc1ccccc1)Cc1ccccc1)c1ccc(O)cc1. The minimum Gasteiger partial charge on any atom is -0.508 e. The molecule has 0 atom stereocenters. The largest absolute Gasteiger partial charge is 0.508 e. The molecule has 0 heterocycles. The lowest BCUT2D eigenvalue weighted by Gasteiger charge is -2.22. The van der Waals surface area contributed by atoms with Crippen molar-refractivity contribution in [3.63, 3.8) is 0 Å². The van der Waals surface area contributed by atoms with E-state index in [-0.39, 0.29) is 23.9 Å².